The van der Waals surface area contributed by atoms with Crippen LogP contribution in [0.1, 0.15) is 31.2 Å². The van der Waals surface area contributed by atoms with Gasteiger partial charge >= 0.3 is 0 Å². The number of thiazole rings is 1. The van der Waals surface area contributed by atoms with Crippen LogP contribution in [0.25, 0.3) is 10.2 Å². The van der Waals surface area contributed by atoms with Crippen molar-refractivity contribution in [3.63, 3.8) is 0 Å². The van der Waals surface area contributed by atoms with E-state index in [0.29, 0.717) is 0 Å². The number of rotatable bonds is 3. The molecule has 1 aliphatic heterocycles. The molecule has 3 rings (SSSR count). The quantitative estimate of drug-likeness (QED) is 0.831. The van der Waals surface area contributed by atoms with Crippen molar-refractivity contribution in [2.45, 2.75) is 32.7 Å². The summed E-state index contributed by atoms with van der Waals surface area (Å²) in [6.45, 7) is 5.85. The smallest absolute Gasteiger partial charge is 0.108 e. The second-order valence-electron chi connectivity index (χ2n) is 5.23. The largest absolute Gasteiger partial charge is 0.296 e. The Balaban J connectivity index is 1.71. The molecule has 1 aliphatic rings. The van der Waals surface area contributed by atoms with E-state index in [2.05, 4.69) is 36.1 Å². The SMILES string of the molecule is CCC1CCCN(Cc2nc3ccccc3s2)C1. The summed E-state index contributed by atoms with van der Waals surface area (Å²) in [4.78, 5) is 7.31. The van der Waals surface area contributed by atoms with Gasteiger partial charge in [0.05, 0.1) is 16.8 Å². The first kappa shape index (κ1) is 12.1. The number of para-hydroxylation sites is 1. The predicted molar refractivity (Wildman–Crippen MR) is 77.9 cm³/mol. The van der Waals surface area contributed by atoms with Gasteiger partial charge in [-0.1, -0.05) is 25.5 Å². The lowest BCUT2D eigenvalue weighted by atomic mass is 9.96. The third-order valence-electron chi connectivity index (χ3n) is 3.88. The minimum Gasteiger partial charge on any atom is -0.296 e. The van der Waals surface area contributed by atoms with Crippen molar-refractivity contribution < 1.29 is 0 Å². The van der Waals surface area contributed by atoms with E-state index >= 15 is 0 Å². The van der Waals surface area contributed by atoms with Crippen LogP contribution in [0.5, 0.6) is 0 Å². The van der Waals surface area contributed by atoms with E-state index in [1.165, 1.54) is 42.1 Å². The van der Waals surface area contributed by atoms with Gasteiger partial charge in [0.2, 0.25) is 0 Å². The first-order valence-corrected chi connectivity index (χ1v) is 7.73. The predicted octanol–water partition coefficient (Wildman–Crippen LogP) is 3.92. The molecule has 1 aromatic carbocycles. The van der Waals surface area contributed by atoms with Crippen molar-refractivity contribution in [2.75, 3.05) is 13.1 Å². The summed E-state index contributed by atoms with van der Waals surface area (Å²) in [7, 11) is 0. The Labute approximate surface area is 113 Å². The molecule has 0 N–H and O–H groups in total. The van der Waals surface area contributed by atoms with Gasteiger partial charge in [-0.3, -0.25) is 4.90 Å². The maximum atomic E-state index is 4.73. The molecule has 1 aromatic heterocycles. The Morgan fingerprint density at radius 1 is 1.39 bits per heavy atom. The Hall–Kier alpha value is -0.930. The van der Waals surface area contributed by atoms with Crippen LogP contribution in [0.3, 0.4) is 0 Å². The summed E-state index contributed by atoms with van der Waals surface area (Å²) in [5.41, 5.74) is 1.15. The minimum atomic E-state index is 0.896. The summed E-state index contributed by atoms with van der Waals surface area (Å²) in [6.07, 6.45) is 4.08. The highest BCUT2D eigenvalue weighted by Gasteiger charge is 2.19. The van der Waals surface area contributed by atoms with Gasteiger partial charge < -0.3 is 0 Å². The molecule has 18 heavy (non-hydrogen) atoms. The number of piperidine rings is 1. The van der Waals surface area contributed by atoms with Crippen LogP contribution in [0.15, 0.2) is 24.3 Å². The van der Waals surface area contributed by atoms with Crippen LogP contribution in [0.2, 0.25) is 0 Å². The summed E-state index contributed by atoms with van der Waals surface area (Å²) in [5.74, 6) is 0.896. The van der Waals surface area contributed by atoms with E-state index in [-0.39, 0.29) is 0 Å². The lowest BCUT2D eigenvalue weighted by Gasteiger charge is -2.31. The lowest BCUT2D eigenvalue weighted by Crippen LogP contribution is -2.34. The van der Waals surface area contributed by atoms with Gasteiger partial charge in [0.1, 0.15) is 5.01 Å². The minimum absolute atomic E-state index is 0.896. The number of nitrogens with zero attached hydrogens (tertiary/aromatic N) is 2. The number of likely N-dealkylation sites (tertiary alicyclic amines) is 1. The summed E-state index contributed by atoms with van der Waals surface area (Å²) in [5, 5.41) is 1.27. The number of hydrogen-bond donors (Lipinski definition) is 0. The van der Waals surface area contributed by atoms with Crippen molar-refractivity contribution in [1.29, 1.82) is 0 Å². The second kappa shape index (κ2) is 5.37. The molecule has 0 spiro atoms. The molecule has 2 heterocycles. The van der Waals surface area contributed by atoms with Gasteiger partial charge in [0.15, 0.2) is 0 Å². The van der Waals surface area contributed by atoms with Crippen LogP contribution in [-0.2, 0) is 6.54 Å². The summed E-state index contributed by atoms with van der Waals surface area (Å²) < 4.78 is 1.32. The van der Waals surface area contributed by atoms with Gasteiger partial charge in [0, 0.05) is 6.54 Å². The molecule has 2 nitrogen and oxygen atoms in total. The maximum absolute atomic E-state index is 4.73. The molecule has 2 aromatic rings. The molecule has 0 amide bonds. The standard InChI is InChI=1S/C15H20N2S/c1-2-12-6-5-9-17(10-12)11-15-16-13-7-3-4-8-14(13)18-15/h3-4,7-8,12H,2,5-6,9-11H2,1H3. The Morgan fingerprint density at radius 3 is 3.11 bits per heavy atom. The summed E-state index contributed by atoms with van der Waals surface area (Å²) in [6, 6.07) is 8.44. The average Bonchev–Trinajstić information content (AvgIpc) is 2.81. The van der Waals surface area contributed by atoms with E-state index in [0.717, 1.165) is 18.0 Å². The molecular weight excluding hydrogens is 240 g/mol. The molecule has 0 saturated carbocycles. The molecule has 1 fully saturated rings. The van der Waals surface area contributed by atoms with Gasteiger partial charge in [-0.2, -0.15) is 0 Å². The monoisotopic (exact) mass is 260 g/mol. The molecule has 96 valence electrons. The van der Waals surface area contributed by atoms with Crippen molar-refractivity contribution in [3.05, 3.63) is 29.3 Å². The first-order chi connectivity index (χ1) is 8.85. The molecule has 1 saturated heterocycles. The van der Waals surface area contributed by atoms with Crippen molar-refractivity contribution in [3.8, 4) is 0 Å². The fraction of sp³-hybridized carbons (Fsp3) is 0.533. The molecule has 0 bridgehead atoms. The first-order valence-electron chi connectivity index (χ1n) is 6.92. The van der Waals surface area contributed by atoms with E-state index in [4.69, 9.17) is 4.98 Å². The van der Waals surface area contributed by atoms with Gasteiger partial charge in [0.25, 0.3) is 0 Å². The lowest BCUT2D eigenvalue weighted by molar-refractivity contribution is 0.164. The van der Waals surface area contributed by atoms with Crippen LogP contribution < -0.4 is 0 Å². The normalized spacial score (nSPS) is 21.5. The fourth-order valence-corrected chi connectivity index (χ4v) is 3.82. The van der Waals surface area contributed by atoms with Crippen LogP contribution in [0.4, 0.5) is 0 Å². The zero-order valence-corrected chi connectivity index (χ0v) is 11.7. The Morgan fingerprint density at radius 2 is 2.28 bits per heavy atom. The Bertz CT molecular complexity index is 487. The van der Waals surface area contributed by atoms with Gasteiger partial charge in [-0.15, -0.1) is 11.3 Å². The number of fused-ring (bicyclic) bond motifs is 1. The molecule has 0 radical (unpaired) electrons. The van der Waals surface area contributed by atoms with Crippen LogP contribution in [-0.4, -0.2) is 23.0 Å². The number of benzene rings is 1. The highest BCUT2D eigenvalue weighted by atomic mass is 32.1. The van der Waals surface area contributed by atoms with E-state index in [1.807, 2.05) is 11.3 Å². The summed E-state index contributed by atoms with van der Waals surface area (Å²) >= 11 is 1.85. The topological polar surface area (TPSA) is 16.1 Å². The Kier molecular flexibility index (Phi) is 3.62. The van der Waals surface area contributed by atoms with Crippen molar-refractivity contribution in [1.82, 2.24) is 9.88 Å². The van der Waals surface area contributed by atoms with E-state index in [9.17, 15) is 0 Å². The molecule has 3 heteroatoms. The fourth-order valence-electron chi connectivity index (χ4n) is 2.81. The van der Waals surface area contributed by atoms with Crippen LogP contribution in [0, 0.1) is 5.92 Å². The molecule has 0 aliphatic carbocycles. The number of hydrogen-bond acceptors (Lipinski definition) is 3. The molecule has 1 unspecified atom stereocenters. The maximum Gasteiger partial charge on any atom is 0.108 e. The highest BCUT2D eigenvalue weighted by molar-refractivity contribution is 7.18. The average molecular weight is 260 g/mol. The van der Waals surface area contributed by atoms with Crippen molar-refractivity contribution >= 4 is 21.6 Å². The number of aromatic nitrogens is 1. The zero-order valence-electron chi connectivity index (χ0n) is 10.9. The van der Waals surface area contributed by atoms with E-state index < -0.39 is 0 Å². The van der Waals surface area contributed by atoms with Crippen LogP contribution >= 0.6 is 11.3 Å². The zero-order chi connectivity index (χ0) is 12.4. The van der Waals surface area contributed by atoms with Gasteiger partial charge in [-0.25, -0.2) is 4.98 Å². The van der Waals surface area contributed by atoms with E-state index in [1.54, 1.807) is 0 Å². The third kappa shape index (κ3) is 2.57. The third-order valence-corrected chi connectivity index (χ3v) is 4.90. The second-order valence-corrected chi connectivity index (χ2v) is 6.34. The highest BCUT2D eigenvalue weighted by Crippen LogP contribution is 2.25. The van der Waals surface area contributed by atoms with Gasteiger partial charge in [-0.05, 0) is 37.4 Å². The molecular formula is C15H20N2S. The van der Waals surface area contributed by atoms with Crippen molar-refractivity contribution in [2.24, 2.45) is 5.92 Å². The molecule has 1 atom stereocenters.